The van der Waals surface area contributed by atoms with Crippen molar-refractivity contribution >= 4 is 0 Å². The normalized spacial score (nSPS) is 28.3. The summed E-state index contributed by atoms with van der Waals surface area (Å²) < 4.78 is 5.87. The van der Waals surface area contributed by atoms with E-state index in [9.17, 15) is 0 Å². The van der Waals surface area contributed by atoms with E-state index in [1.807, 2.05) is 0 Å². The molecule has 1 aliphatic carbocycles. The Morgan fingerprint density at radius 1 is 1.35 bits per heavy atom. The lowest BCUT2D eigenvalue weighted by Crippen LogP contribution is -2.49. The van der Waals surface area contributed by atoms with Gasteiger partial charge in [-0.05, 0) is 43.7 Å². The van der Waals surface area contributed by atoms with E-state index in [0.29, 0.717) is 12.1 Å². The predicted octanol–water partition coefficient (Wildman–Crippen LogP) is 2.64. The first kappa shape index (κ1) is 14.1. The van der Waals surface area contributed by atoms with Gasteiger partial charge in [-0.1, -0.05) is 24.3 Å². The Morgan fingerprint density at radius 2 is 2.20 bits per heavy atom. The maximum Gasteiger partial charge on any atom is 0.0730 e. The molecule has 3 heteroatoms. The van der Waals surface area contributed by atoms with Crippen molar-refractivity contribution in [2.24, 2.45) is 5.73 Å². The smallest absolute Gasteiger partial charge is 0.0730 e. The maximum absolute atomic E-state index is 6.39. The summed E-state index contributed by atoms with van der Waals surface area (Å²) >= 11 is 0. The third kappa shape index (κ3) is 2.90. The zero-order chi connectivity index (χ0) is 13.9. The van der Waals surface area contributed by atoms with Gasteiger partial charge in [-0.25, -0.2) is 0 Å². The number of hydrogen-bond donors (Lipinski definition) is 1. The number of rotatable bonds is 4. The number of morpholine rings is 1. The molecule has 2 N–H and O–H groups in total. The molecule has 3 rings (SSSR count). The highest BCUT2D eigenvalue weighted by molar-refractivity contribution is 5.28. The van der Waals surface area contributed by atoms with Crippen LogP contribution in [0, 0.1) is 6.92 Å². The quantitative estimate of drug-likeness (QED) is 0.917. The van der Waals surface area contributed by atoms with E-state index in [1.54, 1.807) is 0 Å². The summed E-state index contributed by atoms with van der Waals surface area (Å²) in [5.74, 6) is 0. The number of ether oxygens (including phenoxy) is 1. The zero-order valence-electron chi connectivity index (χ0n) is 12.4. The van der Waals surface area contributed by atoms with Gasteiger partial charge < -0.3 is 10.5 Å². The largest absolute Gasteiger partial charge is 0.375 e. The van der Waals surface area contributed by atoms with E-state index in [0.717, 1.165) is 26.1 Å². The molecule has 2 aliphatic rings. The van der Waals surface area contributed by atoms with Crippen molar-refractivity contribution in [3.63, 3.8) is 0 Å². The molecule has 3 nitrogen and oxygen atoms in total. The van der Waals surface area contributed by atoms with Gasteiger partial charge >= 0.3 is 0 Å². The summed E-state index contributed by atoms with van der Waals surface area (Å²) in [5, 5.41) is 0. The Bertz CT molecular complexity index is 448. The molecule has 1 saturated heterocycles. The van der Waals surface area contributed by atoms with Crippen molar-refractivity contribution in [3.8, 4) is 0 Å². The zero-order valence-corrected chi connectivity index (χ0v) is 12.4. The lowest BCUT2D eigenvalue weighted by atomic mass is 9.99. The van der Waals surface area contributed by atoms with E-state index >= 15 is 0 Å². The van der Waals surface area contributed by atoms with Crippen LogP contribution in [0.4, 0.5) is 0 Å². The third-order valence-corrected chi connectivity index (χ3v) is 4.91. The Kier molecular flexibility index (Phi) is 4.39. The lowest BCUT2D eigenvalue weighted by Gasteiger charge is -2.38. The minimum absolute atomic E-state index is 0.152. The van der Waals surface area contributed by atoms with Crippen LogP contribution in [0.25, 0.3) is 0 Å². The van der Waals surface area contributed by atoms with Gasteiger partial charge in [0.2, 0.25) is 0 Å². The molecule has 3 atom stereocenters. The van der Waals surface area contributed by atoms with Gasteiger partial charge in [0.15, 0.2) is 0 Å². The Morgan fingerprint density at radius 3 is 3.05 bits per heavy atom. The molecule has 1 aromatic carbocycles. The SMILES string of the molecule is Cc1ccccc1C(N)CCN1CCOC2CCCC21. The Hall–Kier alpha value is -0.900. The molecule has 1 aromatic rings. The first-order valence-electron chi connectivity index (χ1n) is 7.92. The van der Waals surface area contributed by atoms with Crippen LogP contribution in [0.3, 0.4) is 0 Å². The van der Waals surface area contributed by atoms with Crippen LogP contribution in [0.5, 0.6) is 0 Å². The fourth-order valence-corrected chi connectivity index (χ4v) is 3.75. The number of fused-ring (bicyclic) bond motifs is 1. The van der Waals surface area contributed by atoms with Crippen LogP contribution in [-0.2, 0) is 4.74 Å². The van der Waals surface area contributed by atoms with Crippen molar-refractivity contribution in [2.75, 3.05) is 19.7 Å². The fraction of sp³-hybridized carbons (Fsp3) is 0.647. The number of nitrogens with zero attached hydrogens (tertiary/aromatic N) is 1. The van der Waals surface area contributed by atoms with Crippen molar-refractivity contribution in [1.29, 1.82) is 0 Å². The van der Waals surface area contributed by atoms with E-state index in [1.165, 1.54) is 30.4 Å². The van der Waals surface area contributed by atoms with Crippen LogP contribution in [-0.4, -0.2) is 36.7 Å². The topological polar surface area (TPSA) is 38.5 Å². The molecular formula is C17H26N2O. The molecule has 3 unspecified atom stereocenters. The second kappa shape index (κ2) is 6.25. The average Bonchev–Trinajstić information content (AvgIpc) is 2.94. The van der Waals surface area contributed by atoms with Crippen molar-refractivity contribution in [3.05, 3.63) is 35.4 Å². The lowest BCUT2D eigenvalue weighted by molar-refractivity contribution is -0.0561. The minimum atomic E-state index is 0.152. The second-order valence-corrected chi connectivity index (χ2v) is 6.20. The van der Waals surface area contributed by atoms with Gasteiger partial charge in [-0.3, -0.25) is 4.90 Å². The summed E-state index contributed by atoms with van der Waals surface area (Å²) in [6, 6.07) is 9.28. The number of nitrogens with two attached hydrogens (primary N) is 1. The molecule has 0 aromatic heterocycles. The molecule has 0 spiro atoms. The van der Waals surface area contributed by atoms with Crippen molar-refractivity contribution < 1.29 is 4.74 Å². The van der Waals surface area contributed by atoms with Crippen LogP contribution < -0.4 is 5.73 Å². The highest BCUT2D eigenvalue weighted by Gasteiger charge is 2.35. The van der Waals surface area contributed by atoms with Crippen molar-refractivity contribution in [2.45, 2.75) is 50.8 Å². The van der Waals surface area contributed by atoms with Gasteiger partial charge in [0, 0.05) is 25.2 Å². The molecule has 0 amide bonds. The molecule has 0 bridgehead atoms. The summed E-state index contributed by atoms with van der Waals surface area (Å²) in [6.07, 6.45) is 5.37. The molecular weight excluding hydrogens is 248 g/mol. The predicted molar refractivity (Wildman–Crippen MR) is 81.7 cm³/mol. The van der Waals surface area contributed by atoms with Gasteiger partial charge in [0.05, 0.1) is 12.7 Å². The third-order valence-electron chi connectivity index (χ3n) is 4.91. The minimum Gasteiger partial charge on any atom is -0.375 e. The van der Waals surface area contributed by atoms with E-state index in [-0.39, 0.29) is 6.04 Å². The van der Waals surface area contributed by atoms with Gasteiger partial charge in [-0.15, -0.1) is 0 Å². The highest BCUT2D eigenvalue weighted by Crippen LogP contribution is 2.30. The first-order valence-corrected chi connectivity index (χ1v) is 7.92. The summed E-state index contributed by atoms with van der Waals surface area (Å²) in [6.45, 7) is 5.21. The average molecular weight is 274 g/mol. The highest BCUT2D eigenvalue weighted by atomic mass is 16.5. The van der Waals surface area contributed by atoms with Crippen molar-refractivity contribution in [1.82, 2.24) is 4.90 Å². The van der Waals surface area contributed by atoms with E-state index in [2.05, 4.69) is 36.1 Å². The second-order valence-electron chi connectivity index (χ2n) is 6.20. The fourth-order valence-electron chi connectivity index (χ4n) is 3.75. The molecule has 1 aliphatic heterocycles. The monoisotopic (exact) mass is 274 g/mol. The first-order chi connectivity index (χ1) is 9.75. The molecule has 1 heterocycles. The van der Waals surface area contributed by atoms with Crippen LogP contribution in [0.1, 0.15) is 42.9 Å². The van der Waals surface area contributed by atoms with E-state index in [4.69, 9.17) is 10.5 Å². The number of aryl methyl sites for hydroxylation is 1. The van der Waals surface area contributed by atoms with Crippen LogP contribution in [0.15, 0.2) is 24.3 Å². The van der Waals surface area contributed by atoms with E-state index < -0.39 is 0 Å². The van der Waals surface area contributed by atoms with Gasteiger partial charge in [0.25, 0.3) is 0 Å². The van der Waals surface area contributed by atoms with Gasteiger partial charge in [-0.2, -0.15) is 0 Å². The summed E-state index contributed by atoms with van der Waals surface area (Å²) in [7, 11) is 0. The maximum atomic E-state index is 6.39. The molecule has 110 valence electrons. The number of benzene rings is 1. The molecule has 0 radical (unpaired) electrons. The van der Waals surface area contributed by atoms with Gasteiger partial charge in [0.1, 0.15) is 0 Å². The summed E-state index contributed by atoms with van der Waals surface area (Å²) in [4.78, 5) is 2.61. The van der Waals surface area contributed by atoms with Crippen LogP contribution in [0.2, 0.25) is 0 Å². The molecule has 1 saturated carbocycles. The number of hydrogen-bond acceptors (Lipinski definition) is 3. The Labute approximate surface area is 122 Å². The van der Waals surface area contributed by atoms with Crippen LogP contribution >= 0.6 is 0 Å². The molecule has 2 fully saturated rings. The summed E-state index contributed by atoms with van der Waals surface area (Å²) in [5.41, 5.74) is 8.99. The molecule has 20 heavy (non-hydrogen) atoms. The Balaban J connectivity index is 1.57. The standard InChI is InChI=1S/C17H26N2O/c1-13-5-2-3-6-14(13)15(18)9-10-19-11-12-20-17-8-4-7-16(17)19/h2-3,5-6,15-17H,4,7-12,18H2,1H3.